The quantitative estimate of drug-likeness (QED) is 0.518. The molecule has 0 radical (unpaired) electrons. The Kier molecular flexibility index (Phi) is 7.32. The first-order valence-corrected chi connectivity index (χ1v) is 8.81. The molecule has 0 aliphatic rings. The van der Waals surface area contributed by atoms with Gasteiger partial charge >= 0.3 is 13.6 Å². The Hall–Kier alpha value is -0.940. The Morgan fingerprint density at radius 3 is 2.38 bits per heavy atom. The third-order valence-electron chi connectivity index (χ3n) is 2.41. The molecule has 116 valence electrons. The molecule has 0 saturated carbocycles. The van der Waals surface area contributed by atoms with Crippen LogP contribution in [0.3, 0.4) is 0 Å². The van der Waals surface area contributed by atoms with Gasteiger partial charge in [0.2, 0.25) is 0 Å². The molecule has 0 N–H and O–H groups in total. The zero-order valence-corrected chi connectivity index (χ0v) is 14.6. The molecule has 0 aliphatic heterocycles. The highest BCUT2D eigenvalue weighted by Crippen LogP contribution is 2.50. The van der Waals surface area contributed by atoms with Gasteiger partial charge in [-0.05, 0) is 43.7 Å². The molecule has 0 unspecified atom stereocenters. The first-order valence-electron chi connectivity index (χ1n) is 6.41. The lowest BCUT2D eigenvalue weighted by Gasteiger charge is -2.12. The molecule has 0 spiro atoms. The molecule has 1 aromatic carbocycles. The smallest absolute Gasteiger partial charge is 0.354 e. The van der Waals surface area contributed by atoms with Crippen LogP contribution in [0.4, 0.5) is 0 Å². The van der Waals surface area contributed by atoms with Gasteiger partial charge in [0, 0.05) is 10.3 Å². The Morgan fingerprint density at radius 2 is 1.86 bits per heavy atom. The van der Waals surface area contributed by atoms with E-state index in [2.05, 4.69) is 20.7 Å². The second kappa shape index (κ2) is 8.49. The molecule has 0 aromatic heterocycles. The van der Waals surface area contributed by atoms with Gasteiger partial charge in [-0.15, -0.1) is 0 Å². The van der Waals surface area contributed by atoms with Crippen LogP contribution in [0.1, 0.15) is 29.8 Å². The summed E-state index contributed by atoms with van der Waals surface area (Å²) in [6, 6.07) is 5.06. The number of rotatable bonds is 7. The summed E-state index contributed by atoms with van der Waals surface area (Å²) >= 11 is 3.32. The molecule has 0 amide bonds. The number of halogens is 1. The average molecular weight is 377 g/mol. The molecule has 7 heteroatoms. The SMILES string of the molecule is CCOP(=O)(C=Cc1cc(Br)cc(C(=O)OC)c1)OCC. The molecule has 1 aromatic rings. The molecule has 0 atom stereocenters. The largest absolute Gasteiger partial charge is 0.465 e. The van der Waals surface area contributed by atoms with Crippen LogP contribution in [0.25, 0.3) is 6.08 Å². The molecule has 0 aliphatic carbocycles. The van der Waals surface area contributed by atoms with Gasteiger partial charge in [0.15, 0.2) is 0 Å². The second-order valence-electron chi connectivity index (χ2n) is 3.96. The first kappa shape index (κ1) is 18.1. The number of hydrogen-bond donors (Lipinski definition) is 0. The van der Waals surface area contributed by atoms with E-state index in [1.165, 1.54) is 12.9 Å². The zero-order chi connectivity index (χ0) is 15.9. The van der Waals surface area contributed by atoms with Crippen LogP contribution in [-0.2, 0) is 18.3 Å². The minimum atomic E-state index is -3.26. The molecule has 0 fully saturated rings. The van der Waals surface area contributed by atoms with E-state index in [-0.39, 0.29) is 13.2 Å². The van der Waals surface area contributed by atoms with Crippen LogP contribution in [0.2, 0.25) is 0 Å². The van der Waals surface area contributed by atoms with Crippen molar-refractivity contribution in [2.45, 2.75) is 13.8 Å². The van der Waals surface area contributed by atoms with Crippen molar-refractivity contribution in [1.29, 1.82) is 0 Å². The van der Waals surface area contributed by atoms with Crippen molar-refractivity contribution < 1.29 is 23.1 Å². The fourth-order valence-electron chi connectivity index (χ4n) is 1.60. The van der Waals surface area contributed by atoms with E-state index in [9.17, 15) is 9.36 Å². The fourth-order valence-corrected chi connectivity index (χ4v) is 3.44. The average Bonchev–Trinajstić information content (AvgIpc) is 2.44. The lowest BCUT2D eigenvalue weighted by molar-refractivity contribution is 0.0600. The molecule has 0 heterocycles. The van der Waals surface area contributed by atoms with Gasteiger partial charge in [0.1, 0.15) is 0 Å². The monoisotopic (exact) mass is 376 g/mol. The zero-order valence-electron chi connectivity index (χ0n) is 12.2. The van der Waals surface area contributed by atoms with E-state index in [0.29, 0.717) is 15.6 Å². The van der Waals surface area contributed by atoms with Crippen LogP contribution in [0.15, 0.2) is 28.5 Å². The van der Waals surface area contributed by atoms with Gasteiger partial charge in [0.05, 0.1) is 25.9 Å². The fraction of sp³-hybridized carbons (Fsp3) is 0.357. The molecule has 5 nitrogen and oxygen atoms in total. The van der Waals surface area contributed by atoms with Crippen LogP contribution in [0.5, 0.6) is 0 Å². The number of benzene rings is 1. The molecule has 0 saturated heterocycles. The first-order chi connectivity index (χ1) is 9.94. The van der Waals surface area contributed by atoms with E-state index < -0.39 is 13.6 Å². The van der Waals surface area contributed by atoms with Crippen molar-refractivity contribution in [1.82, 2.24) is 0 Å². The van der Waals surface area contributed by atoms with Crippen LogP contribution in [-0.4, -0.2) is 26.3 Å². The van der Waals surface area contributed by atoms with Crippen LogP contribution in [0, 0.1) is 0 Å². The van der Waals surface area contributed by atoms with Gasteiger partial charge in [0.25, 0.3) is 0 Å². The number of carbonyl (C=O) groups excluding carboxylic acids is 1. The maximum atomic E-state index is 12.3. The van der Waals surface area contributed by atoms with Gasteiger partial charge in [-0.3, -0.25) is 4.57 Å². The lowest BCUT2D eigenvalue weighted by Crippen LogP contribution is -2.01. The van der Waals surface area contributed by atoms with Crippen molar-refractivity contribution in [3.8, 4) is 0 Å². The summed E-state index contributed by atoms with van der Waals surface area (Å²) in [5, 5.41) is 0. The predicted molar refractivity (Wildman–Crippen MR) is 85.4 cm³/mol. The van der Waals surface area contributed by atoms with Crippen LogP contribution >= 0.6 is 23.5 Å². The third-order valence-corrected chi connectivity index (χ3v) is 4.62. The van der Waals surface area contributed by atoms with Crippen molar-refractivity contribution in [3.05, 3.63) is 39.6 Å². The van der Waals surface area contributed by atoms with Crippen molar-refractivity contribution in [3.63, 3.8) is 0 Å². The van der Waals surface area contributed by atoms with E-state index in [1.54, 1.807) is 38.1 Å². The third kappa shape index (κ3) is 5.75. The standard InChI is InChI=1S/C14H18BrO5P/c1-4-19-21(17,20-5-2)7-6-11-8-12(14(16)18-3)10-13(15)9-11/h6-10H,4-5H2,1-3H3. The summed E-state index contributed by atoms with van der Waals surface area (Å²) in [5.41, 5.74) is 1.08. The van der Waals surface area contributed by atoms with E-state index in [4.69, 9.17) is 9.05 Å². The molecular weight excluding hydrogens is 359 g/mol. The Morgan fingerprint density at radius 1 is 1.24 bits per heavy atom. The highest BCUT2D eigenvalue weighted by Gasteiger charge is 2.18. The number of esters is 1. The number of hydrogen-bond acceptors (Lipinski definition) is 5. The Bertz CT molecular complexity index is 560. The molecule has 1 rings (SSSR count). The topological polar surface area (TPSA) is 61.8 Å². The highest BCUT2D eigenvalue weighted by molar-refractivity contribution is 9.10. The molecule has 21 heavy (non-hydrogen) atoms. The number of carbonyl (C=O) groups is 1. The molecule has 0 bridgehead atoms. The van der Waals surface area contributed by atoms with Crippen molar-refractivity contribution in [2.75, 3.05) is 20.3 Å². The van der Waals surface area contributed by atoms with Gasteiger partial charge < -0.3 is 13.8 Å². The van der Waals surface area contributed by atoms with Crippen LogP contribution < -0.4 is 0 Å². The Balaban J connectivity index is 3.05. The summed E-state index contributed by atoms with van der Waals surface area (Å²) in [5.74, 6) is 0.951. The summed E-state index contributed by atoms with van der Waals surface area (Å²) in [6.07, 6.45) is 1.60. The maximum Gasteiger partial charge on any atom is 0.354 e. The summed E-state index contributed by atoms with van der Waals surface area (Å²) in [6.45, 7) is 4.06. The number of ether oxygens (including phenoxy) is 1. The Labute approximate surface area is 132 Å². The van der Waals surface area contributed by atoms with E-state index in [1.807, 2.05) is 0 Å². The van der Waals surface area contributed by atoms with E-state index >= 15 is 0 Å². The van der Waals surface area contributed by atoms with Crippen molar-refractivity contribution in [2.24, 2.45) is 0 Å². The predicted octanol–water partition coefficient (Wildman–Crippen LogP) is 4.47. The summed E-state index contributed by atoms with van der Waals surface area (Å²) in [7, 11) is -1.94. The summed E-state index contributed by atoms with van der Waals surface area (Å²) < 4.78 is 28.0. The molecular formula is C14H18BrO5P. The maximum absolute atomic E-state index is 12.3. The van der Waals surface area contributed by atoms with Crippen molar-refractivity contribution >= 4 is 35.6 Å². The van der Waals surface area contributed by atoms with Gasteiger partial charge in [-0.1, -0.05) is 15.9 Å². The van der Waals surface area contributed by atoms with Gasteiger partial charge in [-0.2, -0.15) is 0 Å². The highest BCUT2D eigenvalue weighted by atomic mass is 79.9. The number of methoxy groups -OCH3 is 1. The lowest BCUT2D eigenvalue weighted by atomic mass is 10.1. The van der Waals surface area contributed by atoms with E-state index in [0.717, 1.165) is 0 Å². The van der Waals surface area contributed by atoms with Gasteiger partial charge in [-0.25, -0.2) is 4.79 Å². The second-order valence-corrected chi connectivity index (χ2v) is 6.77. The normalized spacial score (nSPS) is 11.8. The summed E-state index contributed by atoms with van der Waals surface area (Å²) in [4.78, 5) is 11.6. The minimum Gasteiger partial charge on any atom is -0.465 e. The minimum absolute atomic E-state index is 0.285.